The Labute approximate surface area is 102 Å². The summed E-state index contributed by atoms with van der Waals surface area (Å²) in [5.74, 6) is 1.22. The Morgan fingerprint density at radius 2 is 2.29 bits per heavy atom. The standard InChI is InChI=1S/C14H18N2O/c1-10-4-3-5-12(8-10)17-14-13(9-15)11(2)6-7-16-14/h6-7,10,12H,3-5,8H2,1-2H3. The maximum Gasteiger partial charge on any atom is 0.232 e. The van der Waals surface area contributed by atoms with Crippen molar-refractivity contribution in [3.8, 4) is 11.9 Å². The van der Waals surface area contributed by atoms with Crippen LogP contribution >= 0.6 is 0 Å². The molecule has 0 spiro atoms. The Morgan fingerprint density at radius 1 is 1.47 bits per heavy atom. The van der Waals surface area contributed by atoms with Crippen LogP contribution in [0.25, 0.3) is 0 Å². The molecule has 90 valence electrons. The highest BCUT2D eigenvalue weighted by atomic mass is 16.5. The van der Waals surface area contributed by atoms with Crippen LogP contribution in [0.3, 0.4) is 0 Å². The van der Waals surface area contributed by atoms with Crippen molar-refractivity contribution in [2.45, 2.75) is 45.6 Å². The van der Waals surface area contributed by atoms with Gasteiger partial charge in [0, 0.05) is 6.20 Å². The normalized spacial score (nSPS) is 24.1. The van der Waals surface area contributed by atoms with Crippen molar-refractivity contribution in [1.82, 2.24) is 4.98 Å². The summed E-state index contributed by atoms with van der Waals surface area (Å²) in [4.78, 5) is 4.18. The fraction of sp³-hybridized carbons (Fsp3) is 0.571. The monoisotopic (exact) mass is 230 g/mol. The van der Waals surface area contributed by atoms with Gasteiger partial charge in [-0.1, -0.05) is 13.3 Å². The second kappa shape index (κ2) is 5.18. The van der Waals surface area contributed by atoms with Gasteiger partial charge >= 0.3 is 0 Å². The van der Waals surface area contributed by atoms with Crippen molar-refractivity contribution < 1.29 is 4.74 Å². The van der Waals surface area contributed by atoms with E-state index in [1.165, 1.54) is 12.8 Å². The fourth-order valence-electron chi connectivity index (χ4n) is 2.40. The number of hydrogen-bond acceptors (Lipinski definition) is 3. The van der Waals surface area contributed by atoms with Crippen LogP contribution in [0.1, 0.15) is 43.7 Å². The summed E-state index contributed by atoms with van der Waals surface area (Å²) < 4.78 is 5.89. The molecule has 3 nitrogen and oxygen atoms in total. The van der Waals surface area contributed by atoms with Gasteiger partial charge in [0.1, 0.15) is 17.7 Å². The molecule has 0 saturated heterocycles. The first kappa shape index (κ1) is 11.9. The van der Waals surface area contributed by atoms with E-state index in [9.17, 15) is 0 Å². The summed E-state index contributed by atoms with van der Waals surface area (Å²) in [5, 5.41) is 9.11. The van der Waals surface area contributed by atoms with Crippen LogP contribution in [0.2, 0.25) is 0 Å². The highest BCUT2D eigenvalue weighted by molar-refractivity contribution is 5.43. The number of nitriles is 1. The maximum atomic E-state index is 9.11. The van der Waals surface area contributed by atoms with Crippen molar-refractivity contribution in [2.75, 3.05) is 0 Å². The molecule has 0 aromatic carbocycles. The highest BCUT2D eigenvalue weighted by Crippen LogP contribution is 2.28. The van der Waals surface area contributed by atoms with E-state index < -0.39 is 0 Å². The second-order valence-corrected chi connectivity index (χ2v) is 4.93. The van der Waals surface area contributed by atoms with Crippen molar-refractivity contribution in [3.63, 3.8) is 0 Å². The summed E-state index contributed by atoms with van der Waals surface area (Å²) in [6, 6.07) is 4.02. The van der Waals surface area contributed by atoms with E-state index in [4.69, 9.17) is 10.00 Å². The highest BCUT2D eigenvalue weighted by Gasteiger charge is 2.22. The molecule has 0 N–H and O–H groups in total. The number of hydrogen-bond donors (Lipinski definition) is 0. The van der Waals surface area contributed by atoms with Crippen LogP contribution in [0, 0.1) is 24.2 Å². The van der Waals surface area contributed by atoms with Crippen LogP contribution in [-0.4, -0.2) is 11.1 Å². The molecule has 2 rings (SSSR count). The third-order valence-corrected chi connectivity index (χ3v) is 3.40. The molecule has 0 aliphatic heterocycles. The van der Waals surface area contributed by atoms with Crippen LogP contribution in [0.15, 0.2) is 12.3 Å². The zero-order chi connectivity index (χ0) is 12.3. The van der Waals surface area contributed by atoms with E-state index in [1.54, 1.807) is 6.20 Å². The molecule has 1 aromatic rings. The summed E-state index contributed by atoms with van der Waals surface area (Å²) in [6.07, 6.45) is 6.56. The van der Waals surface area contributed by atoms with E-state index in [0.717, 1.165) is 18.4 Å². The minimum absolute atomic E-state index is 0.222. The Morgan fingerprint density at radius 3 is 3.00 bits per heavy atom. The molecular formula is C14H18N2O. The van der Waals surface area contributed by atoms with Gasteiger partial charge in [-0.2, -0.15) is 5.26 Å². The molecule has 1 aliphatic carbocycles. The zero-order valence-electron chi connectivity index (χ0n) is 10.4. The van der Waals surface area contributed by atoms with E-state index in [0.29, 0.717) is 17.4 Å². The van der Waals surface area contributed by atoms with Crippen LogP contribution in [-0.2, 0) is 0 Å². The topological polar surface area (TPSA) is 45.9 Å². The van der Waals surface area contributed by atoms with Crippen molar-refractivity contribution in [2.24, 2.45) is 5.92 Å². The molecule has 17 heavy (non-hydrogen) atoms. The maximum absolute atomic E-state index is 9.11. The summed E-state index contributed by atoms with van der Waals surface area (Å²) in [6.45, 7) is 4.17. The van der Waals surface area contributed by atoms with E-state index in [-0.39, 0.29) is 6.10 Å². The van der Waals surface area contributed by atoms with E-state index >= 15 is 0 Å². The molecule has 3 heteroatoms. The molecule has 1 aromatic heterocycles. The molecule has 0 radical (unpaired) electrons. The summed E-state index contributed by atoms with van der Waals surface area (Å²) in [5.41, 5.74) is 1.51. The van der Waals surface area contributed by atoms with Gasteiger partial charge in [-0.25, -0.2) is 4.98 Å². The number of pyridine rings is 1. The van der Waals surface area contributed by atoms with Crippen LogP contribution < -0.4 is 4.74 Å². The van der Waals surface area contributed by atoms with Gasteiger partial charge in [-0.05, 0) is 43.7 Å². The van der Waals surface area contributed by atoms with Gasteiger partial charge in [0.15, 0.2) is 0 Å². The van der Waals surface area contributed by atoms with Crippen LogP contribution in [0.4, 0.5) is 0 Å². The molecule has 1 saturated carbocycles. The lowest BCUT2D eigenvalue weighted by molar-refractivity contribution is 0.123. The molecule has 0 amide bonds. The predicted molar refractivity (Wildman–Crippen MR) is 65.7 cm³/mol. The Hall–Kier alpha value is -1.56. The van der Waals surface area contributed by atoms with Gasteiger partial charge in [0.2, 0.25) is 5.88 Å². The van der Waals surface area contributed by atoms with E-state index in [1.807, 2.05) is 13.0 Å². The molecule has 1 fully saturated rings. The zero-order valence-corrected chi connectivity index (χ0v) is 10.4. The van der Waals surface area contributed by atoms with Crippen LogP contribution in [0.5, 0.6) is 5.88 Å². The first-order chi connectivity index (χ1) is 8.20. The number of aromatic nitrogens is 1. The Balaban J connectivity index is 2.13. The lowest BCUT2D eigenvalue weighted by Gasteiger charge is -2.27. The SMILES string of the molecule is Cc1ccnc(OC2CCCC(C)C2)c1C#N. The third-order valence-electron chi connectivity index (χ3n) is 3.40. The minimum Gasteiger partial charge on any atom is -0.473 e. The third kappa shape index (κ3) is 2.76. The number of ether oxygens (including phenoxy) is 1. The lowest BCUT2D eigenvalue weighted by atomic mass is 9.89. The average molecular weight is 230 g/mol. The Bertz CT molecular complexity index is 436. The largest absolute Gasteiger partial charge is 0.473 e. The van der Waals surface area contributed by atoms with Crippen molar-refractivity contribution >= 4 is 0 Å². The first-order valence-corrected chi connectivity index (χ1v) is 6.23. The summed E-state index contributed by atoms with van der Waals surface area (Å²) in [7, 11) is 0. The number of aryl methyl sites for hydroxylation is 1. The smallest absolute Gasteiger partial charge is 0.232 e. The molecular weight excluding hydrogens is 212 g/mol. The van der Waals surface area contributed by atoms with Gasteiger partial charge in [0.25, 0.3) is 0 Å². The lowest BCUT2D eigenvalue weighted by Crippen LogP contribution is -2.24. The quantitative estimate of drug-likeness (QED) is 0.783. The molecule has 2 atom stereocenters. The van der Waals surface area contributed by atoms with Gasteiger partial charge < -0.3 is 4.74 Å². The van der Waals surface area contributed by atoms with E-state index in [2.05, 4.69) is 18.0 Å². The van der Waals surface area contributed by atoms with Gasteiger partial charge in [-0.3, -0.25) is 0 Å². The molecule has 1 aliphatic rings. The molecule has 2 unspecified atom stereocenters. The second-order valence-electron chi connectivity index (χ2n) is 4.93. The first-order valence-electron chi connectivity index (χ1n) is 6.23. The minimum atomic E-state index is 0.222. The van der Waals surface area contributed by atoms with Crippen molar-refractivity contribution in [1.29, 1.82) is 5.26 Å². The number of rotatable bonds is 2. The van der Waals surface area contributed by atoms with Gasteiger partial charge in [0.05, 0.1) is 0 Å². The Kier molecular flexibility index (Phi) is 3.63. The van der Waals surface area contributed by atoms with Gasteiger partial charge in [-0.15, -0.1) is 0 Å². The molecule has 0 bridgehead atoms. The number of nitrogens with zero attached hydrogens (tertiary/aromatic N) is 2. The predicted octanol–water partition coefficient (Wildman–Crippen LogP) is 3.22. The fourth-order valence-corrected chi connectivity index (χ4v) is 2.40. The average Bonchev–Trinajstić information content (AvgIpc) is 2.29. The van der Waals surface area contributed by atoms with Crippen molar-refractivity contribution in [3.05, 3.63) is 23.4 Å². The molecule has 1 heterocycles. The summed E-state index contributed by atoms with van der Waals surface area (Å²) >= 11 is 0.